The van der Waals surface area contributed by atoms with Crippen molar-refractivity contribution in [2.75, 3.05) is 25.0 Å². The van der Waals surface area contributed by atoms with Crippen LogP contribution in [-0.2, 0) is 4.79 Å². The van der Waals surface area contributed by atoms with Crippen molar-refractivity contribution in [3.8, 4) is 0 Å². The first kappa shape index (κ1) is 16.3. The minimum absolute atomic E-state index is 0.00479. The van der Waals surface area contributed by atoms with Gasteiger partial charge < -0.3 is 11.1 Å². The fourth-order valence-electron chi connectivity index (χ4n) is 2.79. The summed E-state index contributed by atoms with van der Waals surface area (Å²) in [5.41, 5.74) is 6.44. The number of nitrogens with one attached hydrogen (secondary N) is 1. The van der Waals surface area contributed by atoms with Gasteiger partial charge in [-0.1, -0.05) is 23.7 Å². The Morgan fingerprint density at radius 3 is 2.90 bits per heavy atom. The number of rotatable bonds is 5. The first-order valence-corrected chi connectivity index (χ1v) is 7.96. The number of nitrogens with two attached hydrogens (primary N) is 1. The van der Waals surface area contributed by atoms with Crippen molar-refractivity contribution in [1.29, 1.82) is 0 Å². The van der Waals surface area contributed by atoms with E-state index in [0.717, 1.165) is 26.1 Å². The number of para-hydroxylation sites is 1. The van der Waals surface area contributed by atoms with Gasteiger partial charge in [0.15, 0.2) is 0 Å². The summed E-state index contributed by atoms with van der Waals surface area (Å²) in [5, 5.41) is 3.44. The third-order valence-corrected chi connectivity index (χ3v) is 4.55. The summed E-state index contributed by atoms with van der Waals surface area (Å²) < 4.78 is 0. The predicted molar refractivity (Wildman–Crippen MR) is 87.5 cm³/mol. The minimum atomic E-state index is 0.00479. The summed E-state index contributed by atoms with van der Waals surface area (Å²) in [4.78, 5) is 14.4. The minimum Gasteiger partial charge on any atom is -0.330 e. The molecule has 0 bridgehead atoms. The van der Waals surface area contributed by atoms with Crippen molar-refractivity contribution < 1.29 is 4.79 Å². The van der Waals surface area contributed by atoms with E-state index in [4.69, 9.17) is 17.3 Å². The molecule has 1 heterocycles. The maximum Gasteiger partial charge on any atom is 0.225 e. The molecule has 3 N–H and O–H groups in total. The van der Waals surface area contributed by atoms with E-state index in [-0.39, 0.29) is 5.91 Å². The molecule has 5 heteroatoms. The first-order chi connectivity index (χ1) is 10.1. The molecule has 0 aromatic heterocycles. The molecule has 1 amide bonds. The SMILES string of the molecule is CC1CCC(CN)CN1CCC(=O)Nc1ccccc1Cl. The standard InChI is InChI=1S/C16H24ClN3O/c1-12-6-7-13(10-18)11-20(12)9-8-16(21)19-15-5-3-2-4-14(15)17/h2-5,12-13H,6-11,18H2,1H3,(H,19,21). The van der Waals surface area contributed by atoms with Gasteiger partial charge in [-0.05, 0) is 44.4 Å². The van der Waals surface area contributed by atoms with E-state index in [1.807, 2.05) is 18.2 Å². The summed E-state index contributed by atoms with van der Waals surface area (Å²) in [5.74, 6) is 0.568. The number of halogens is 1. The molecule has 1 aliphatic heterocycles. The van der Waals surface area contributed by atoms with Crippen LogP contribution in [-0.4, -0.2) is 36.5 Å². The lowest BCUT2D eigenvalue weighted by Gasteiger charge is -2.37. The highest BCUT2D eigenvalue weighted by molar-refractivity contribution is 6.33. The molecule has 1 aromatic rings. The highest BCUT2D eigenvalue weighted by Gasteiger charge is 2.24. The number of carbonyl (C=O) groups excluding carboxylic acids is 1. The molecule has 0 aliphatic carbocycles. The number of amides is 1. The van der Waals surface area contributed by atoms with Crippen LogP contribution in [0.15, 0.2) is 24.3 Å². The first-order valence-electron chi connectivity index (χ1n) is 7.58. The van der Waals surface area contributed by atoms with Crippen molar-refractivity contribution in [3.05, 3.63) is 29.3 Å². The summed E-state index contributed by atoms with van der Waals surface area (Å²) in [6.45, 7) is 4.72. The van der Waals surface area contributed by atoms with Gasteiger partial charge in [-0.25, -0.2) is 0 Å². The zero-order valence-corrected chi connectivity index (χ0v) is 13.3. The molecular formula is C16H24ClN3O. The Labute approximate surface area is 131 Å². The monoisotopic (exact) mass is 309 g/mol. The maximum atomic E-state index is 12.0. The predicted octanol–water partition coefficient (Wildman–Crippen LogP) is 2.73. The number of benzene rings is 1. The van der Waals surface area contributed by atoms with Gasteiger partial charge in [-0.2, -0.15) is 0 Å². The Balaban J connectivity index is 1.82. The van der Waals surface area contributed by atoms with Crippen LogP contribution in [0.5, 0.6) is 0 Å². The Bertz CT molecular complexity index is 480. The van der Waals surface area contributed by atoms with Gasteiger partial charge in [0, 0.05) is 25.6 Å². The Hall–Kier alpha value is -1.10. The van der Waals surface area contributed by atoms with Crippen molar-refractivity contribution >= 4 is 23.2 Å². The van der Waals surface area contributed by atoms with E-state index in [1.54, 1.807) is 6.07 Å². The highest BCUT2D eigenvalue weighted by Crippen LogP contribution is 2.22. The van der Waals surface area contributed by atoms with E-state index in [9.17, 15) is 4.79 Å². The Morgan fingerprint density at radius 1 is 1.43 bits per heavy atom. The lowest BCUT2D eigenvalue weighted by molar-refractivity contribution is -0.116. The normalized spacial score (nSPS) is 23.0. The topological polar surface area (TPSA) is 58.4 Å². The number of nitrogens with zero attached hydrogens (tertiary/aromatic N) is 1. The van der Waals surface area contributed by atoms with Crippen molar-refractivity contribution in [2.24, 2.45) is 11.7 Å². The molecule has 1 aliphatic rings. The molecule has 1 aromatic carbocycles. The van der Waals surface area contributed by atoms with Gasteiger partial charge in [-0.15, -0.1) is 0 Å². The Kier molecular flexibility index (Phi) is 6.03. The van der Waals surface area contributed by atoms with E-state index in [2.05, 4.69) is 17.1 Å². The Morgan fingerprint density at radius 2 is 2.19 bits per heavy atom. The second-order valence-electron chi connectivity index (χ2n) is 5.80. The lowest BCUT2D eigenvalue weighted by Crippen LogP contribution is -2.44. The van der Waals surface area contributed by atoms with Crippen LogP contribution in [0.1, 0.15) is 26.2 Å². The number of likely N-dealkylation sites (tertiary alicyclic amines) is 1. The van der Waals surface area contributed by atoms with Crippen LogP contribution < -0.4 is 11.1 Å². The van der Waals surface area contributed by atoms with Gasteiger partial charge in [-0.3, -0.25) is 9.69 Å². The van der Waals surface area contributed by atoms with Crippen molar-refractivity contribution in [1.82, 2.24) is 4.90 Å². The van der Waals surface area contributed by atoms with E-state index >= 15 is 0 Å². The number of carbonyl (C=O) groups is 1. The molecule has 2 atom stereocenters. The molecular weight excluding hydrogens is 286 g/mol. The maximum absolute atomic E-state index is 12.0. The summed E-state index contributed by atoms with van der Waals surface area (Å²) in [6, 6.07) is 7.82. The van der Waals surface area contributed by atoms with E-state index in [0.29, 0.717) is 29.1 Å². The molecule has 0 radical (unpaired) electrons. The van der Waals surface area contributed by atoms with Crippen LogP contribution in [0.4, 0.5) is 5.69 Å². The van der Waals surface area contributed by atoms with E-state index < -0.39 is 0 Å². The van der Waals surface area contributed by atoms with Crippen LogP contribution in [0.3, 0.4) is 0 Å². The molecule has 0 saturated carbocycles. The molecule has 0 spiro atoms. The molecule has 2 unspecified atom stereocenters. The third-order valence-electron chi connectivity index (χ3n) is 4.22. The molecule has 1 saturated heterocycles. The second kappa shape index (κ2) is 7.78. The molecule has 21 heavy (non-hydrogen) atoms. The van der Waals surface area contributed by atoms with Crippen LogP contribution in [0.25, 0.3) is 0 Å². The fourth-order valence-corrected chi connectivity index (χ4v) is 2.97. The quantitative estimate of drug-likeness (QED) is 0.879. The van der Waals surface area contributed by atoms with Crippen LogP contribution in [0, 0.1) is 5.92 Å². The average Bonchev–Trinajstić information content (AvgIpc) is 2.49. The smallest absolute Gasteiger partial charge is 0.225 e. The second-order valence-corrected chi connectivity index (χ2v) is 6.21. The number of piperidine rings is 1. The van der Waals surface area contributed by atoms with Gasteiger partial charge in [0.1, 0.15) is 0 Å². The average molecular weight is 310 g/mol. The third kappa shape index (κ3) is 4.70. The molecule has 116 valence electrons. The number of hydrogen-bond donors (Lipinski definition) is 2. The lowest BCUT2D eigenvalue weighted by atomic mass is 9.93. The van der Waals surface area contributed by atoms with Crippen LogP contribution >= 0.6 is 11.6 Å². The largest absolute Gasteiger partial charge is 0.330 e. The summed E-state index contributed by atoms with van der Waals surface area (Å²) >= 11 is 6.04. The van der Waals surface area contributed by atoms with Crippen LogP contribution in [0.2, 0.25) is 5.02 Å². The van der Waals surface area contributed by atoms with Gasteiger partial charge >= 0.3 is 0 Å². The van der Waals surface area contributed by atoms with Gasteiger partial charge in [0.25, 0.3) is 0 Å². The van der Waals surface area contributed by atoms with Crippen molar-refractivity contribution in [2.45, 2.75) is 32.2 Å². The fraction of sp³-hybridized carbons (Fsp3) is 0.562. The number of hydrogen-bond acceptors (Lipinski definition) is 3. The molecule has 1 fully saturated rings. The summed E-state index contributed by atoms with van der Waals surface area (Å²) in [6.07, 6.45) is 2.83. The van der Waals surface area contributed by atoms with Gasteiger partial charge in [0.05, 0.1) is 10.7 Å². The highest BCUT2D eigenvalue weighted by atomic mass is 35.5. The zero-order valence-electron chi connectivity index (χ0n) is 12.5. The summed E-state index contributed by atoms with van der Waals surface area (Å²) in [7, 11) is 0. The number of anilines is 1. The van der Waals surface area contributed by atoms with Gasteiger partial charge in [0.2, 0.25) is 5.91 Å². The molecule has 4 nitrogen and oxygen atoms in total. The zero-order chi connectivity index (χ0) is 15.2. The molecule has 2 rings (SSSR count). The van der Waals surface area contributed by atoms with E-state index in [1.165, 1.54) is 6.42 Å². The van der Waals surface area contributed by atoms with Crippen molar-refractivity contribution in [3.63, 3.8) is 0 Å².